The molecule has 0 aromatic heterocycles. The van der Waals surface area contributed by atoms with E-state index in [0.717, 1.165) is 31.8 Å². The maximum absolute atomic E-state index is 6.19. The Bertz CT molecular complexity index is 162. The van der Waals surface area contributed by atoms with Crippen LogP contribution in [0.3, 0.4) is 0 Å². The zero-order valence-electron chi connectivity index (χ0n) is 9.88. The Hall–Kier alpha value is -0.0800. The molecule has 1 unspecified atom stereocenters. The monoisotopic (exact) mass is 199 g/mol. The molecule has 0 spiro atoms. The quantitative estimate of drug-likeness (QED) is 0.755. The van der Waals surface area contributed by atoms with Crippen LogP contribution in [0.4, 0.5) is 0 Å². The summed E-state index contributed by atoms with van der Waals surface area (Å²) in [5, 5.41) is 0. The molecule has 0 amide bonds. The van der Waals surface area contributed by atoms with Crippen LogP contribution in [0.5, 0.6) is 0 Å². The standard InChI is InChI=1S/C12H25NO/c1-4-11(13)12(14-5-2)8-6-10(3)7-9-12/h10-11H,4-9,13H2,1-3H3. The molecule has 14 heavy (non-hydrogen) atoms. The minimum absolute atomic E-state index is 0.00396. The molecule has 0 heterocycles. The van der Waals surface area contributed by atoms with Crippen LogP contribution in [0.25, 0.3) is 0 Å². The van der Waals surface area contributed by atoms with Gasteiger partial charge in [0.05, 0.1) is 5.60 Å². The van der Waals surface area contributed by atoms with Crippen molar-refractivity contribution >= 4 is 0 Å². The van der Waals surface area contributed by atoms with Crippen molar-refractivity contribution in [3.05, 3.63) is 0 Å². The third-order valence-corrected chi connectivity index (χ3v) is 3.67. The lowest BCUT2D eigenvalue weighted by atomic mass is 9.75. The first kappa shape index (κ1) is 12.0. The van der Waals surface area contributed by atoms with Crippen LogP contribution < -0.4 is 5.73 Å². The lowest BCUT2D eigenvalue weighted by Crippen LogP contribution is -2.51. The van der Waals surface area contributed by atoms with Crippen molar-refractivity contribution in [2.24, 2.45) is 11.7 Å². The van der Waals surface area contributed by atoms with Gasteiger partial charge in [-0.25, -0.2) is 0 Å². The van der Waals surface area contributed by atoms with Crippen molar-refractivity contribution in [2.75, 3.05) is 6.61 Å². The molecule has 1 atom stereocenters. The summed E-state index contributed by atoms with van der Waals surface area (Å²) in [5.41, 5.74) is 6.19. The lowest BCUT2D eigenvalue weighted by molar-refractivity contribution is -0.0890. The molecular formula is C12H25NO. The van der Waals surface area contributed by atoms with Crippen LogP contribution in [-0.4, -0.2) is 18.2 Å². The molecule has 0 aromatic rings. The summed E-state index contributed by atoms with van der Waals surface area (Å²) in [6.07, 6.45) is 5.86. The fraction of sp³-hybridized carbons (Fsp3) is 1.00. The number of hydrogen-bond donors (Lipinski definition) is 1. The molecule has 0 aliphatic heterocycles. The summed E-state index contributed by atoms with van der Waals surface area (Å²) < 4.78 is 5.95. The van der Waals surface area contributed by atoms with E-state index in [4.69, 9.17) is 10.5 Å². The predicted molar refractivity (Wildman–Crippen MR) is 60.3 cm³/mol. The number of rotatable bonds is 4. The van der Waals surface area contributed by atoms with E-state index in [-0.39, 0.29) is 11.6 Å². The molecule has 1 aliphatic rings. The highest BCUT2D eigenvalue weighted by molar-refractivity contribution is 4.94. The topological polar surface area (TPSA) is 35.2 Å². The number of hydrogen-bond acceptors (Lipinski definition) is 2. The summed E-state index contributed by atoms with van der Waals surface area (Å²) in [5.74, 6) is 0.854. The van der Waals surface area contributed by atoms with E-state index in [0.29, 0.717) is 0 Å². The molecule has 0 aromatic carbocycles. The Morgan fingerprint density at radius 2 is 1.93 bits per heavy atom. The highest BCUT2D eigenvalue weighted by Crippen LogP contribution is 2.37. The Morgan fingerprint density at radius 3 is 2.36 bits per heavy atom. The van der Waals surface area contributed by atoms with Gasteiger partial charge < -0.3 is 10.5 Å². The van der Waals surface area contributed by atoms with Gasteiger partial charge >= 0.3 is 0 Å². The van der Waals surface area contributed by atoms with Gasteiger partial charge in [0, 0.05) is 12.6 Å². The molecule has 0 saturated heterocycles. The SMILES string of the molecule is CCOC1(C(N)CC)CCC(C)CC1. The van der Waals surface area contributed by atoms with Crippen molar-refractivity contribution in [1.82, 2.24) is 0 Å². The summed E-state index contributed by atoms with van der Waals surface area (Å²) >= 11 is 0. The van der Waals surface area contributed by atoms with E-state index in [2.05, 4.69) is 20.8 Å². The molecule has 1 saturated carbocycles. The first-order valence-electron chi connectivity index (χ1n) is 6.04. The summed E-state index contributed by atoms with van der Waals surface area (Å²) in [6.45, 7) is 7.35. The maximum Gasteiger partial charge on any atom is 0.0832 e. The molecular weight excluding hydrogens is 174 g/mol. The fourth-order valence-corrected chi connectivity index (χ4v) is 2.53. The van der Waals surface area contributed by atoms with Gasteiger partial charge in [0.25, 0.3) is 0 Å². The van der Waals surface area contributed by atoms with Gasteiger partial charge in [-0.15, -0.1) is 0 Å². The molecule has 2 heteroatoms. The Labute approximate surface area is 88.2 Å². The highest BCUT2D eigenvalue weighted by Gasteiger charge is 2.39. The van der Waals surface area contributed by atoms with Gasteiger partial charge in [-0.05, 0) is 44.9 Å². The van der Waals surface area contributed by atoms with Gasteiger partial charge in [0.15, 0.2) is 0 Å². The Kier molecular flexibility index (Phi) is 4.39. The second-order valence-electron chi connectivity index (χ2n) is 4.70. The average Bonchev–Trinajstić information content (AvgIpc) is 2.21. The van der Waals surface area contributed by atoms with E-state index in [9.17, 15) is 0 Å². The zero-order valence-corrected chi connectivity index (χ0v) is 9.88. The van der Waals surface area contributed by atoms with Crippen molar-refractivity contribution in [3.8, 4) is 0 Å². The average molecular weight is 199 g/mol. The van der Waals surface area contributed by atoms with E-state index >= 15 is 0 Å². The second-order valence-corrected chi connectivity index (χ2v) is 4.70. The van der Waals surface area contributed by atoms with Crippen LogP contribution in [0, 0.1) is 5.92 Å². The summed E-state index contributed by atoms with van der Waals surface area (Å²) in [4.78, 5) is 0. The lowest BCUT2D eigenvalue weighted by Gasteiger charge is -2.43. The summed E-state index contributed by atoms with van der Waals surface area (Å²) in [7, 11) is 0. The van der Waals surface area contributed by atoms with Crippen LogP contribution in [0.1, 0.15) is 52.9 Å². The van der Waals surface area contributed by atoms with E-state index in [1.165, 1.54) is 12.8 Å². The molecule has 2 N–H and O–H groups in total. The van der Waals surface area contributed by atoms with Gasteiger partial charge in [0.1, 0.15) is 0 Å². The maximum atomic E-state index is 6.19. The normalized spacial score (nSPS) is 35.6. The van der Waals surface area contributed by atoms with Crippen molar-refractivity contribution in [2.45, 2.75) is 64.5 Å². The van der Waals surface area contributed by atoms with Crippen LogP contribution in [0.2, 0.25) is 0 Å². The smallest absolute Gasteiger partial charge is 0.0832 e. The Balaban J connectivity index is 2.62. The van der Waals surface area contributed by atoms with Crippen LogP contribution in [0.15, 0.2) is 0 Å². The first-order valence-corrected chi connectivity index (χ1v) is 6.04. The summed E-state index contributed by atoms with van der Waals surface area (Å²) in [6, 6.07) is 0.218. The van der Waals surface area contributed by atoms with Crippen LogP contribution in [-0.2, 0) is 4.74 Å². The van der Waals surface area contributed by atoms with E-state index in [1.54, 1.807) is 0 Å². The molecule has 1 rings (SSSR count). The van der Waals surface area contributed by atoms with Gasteiger partial charge in [0.2, 0.25) is 0 Å². The largest absolute Gasteiger partial charge is 0.374 e. The molecule has 84 valence electrons. The van der Waals surface area contributed by atoms with Crippen molar-refractivity contribution < 1.29 is 4.74 Å². The molecule has 2 nitrogen and oxygen atoms in total. The third-order valence-electron chi connectivity index (χ3n) is 3.67. The second kappa shape index (κ2) is 5.13. The van der Waals surface area contributed by atoms with Crippen molar-refractivity contribution in [3.63, 3.8) is 0 Å². The van der Waals surface area contributed by atoms with E-state index < -0.39 is 0 Å². The minimum atomic E-state index is -0.00396. The number of nitrogens with two attached hydrogens (primary N) is 1. The van der Waals surface area contributed by atoms with Gasteiger partial charge in [-0.3, -0.25) is 0 Å². The fourth-order valence-electron chi connectivity index (χ4n) is 2.53. The van der Waals surface area contributed by atoms with Gasteiger partial charge in [-0.2, -0.15) is 0 Å². The third kappa shape index (κ3) is 2.48. The molecule has 1 fully saturated rings. The Morgan fingerprint density at radius 1 is 1.36 bits per heavy atom. The van der Waals surface area contributed by atoms with Gasteiger partial charge in [-0.1, -0.05) is 13.8 Å². The van der Waals surface area contributed by atoms with Crippen molar-refractivity contribution in [1.29, 1.82) is 0 Å². The minimum Gasteiger partial charge on any atom is -0.374 e. The molecule has 1 aliphatic carbocycles. The van der Waals surface area contributed by atoms with Crippen LogP contribution >= 0.6 is 0 Å². The molecule has 0 radical (unpaired) electrons. The zero-order chi connectivity index (χ0) is 10.6. The predicted octanol–water partition coefficient (Wildman–Crippen LogP) is 2.71. The highest BCUT2D eigenvalue weighted by atomic mass is 16.5. The first-order chi connectivity index (χ1) is 6.64. The van der Waals surface area contributed by atoms with E-state index in [1.807, 2.05) is 0 Å². The number of ether oxygens (including phenoxy) is 1. The molecule has 0 bridgehead atoms.